The summed E-state index contributed by atoms with van der Waals surface area (Å²) < 4.78 is 90.0. The van der Waals surface area contributed by atoms with Gasteiger partial charge in [0.1, 0.15) is 195 Å². The van der Waals surface area contributed by atoms with Crippen molar-refractivity contribution in [3.8, 4) is 0 Å². The Morgan fingerprint density at radius 2 is 0.479 bits per heavy atom. The molecular formula is C52H89NO43. The van der Waals surface area contributed by atoms with Gasteiger partial charge in [-0.3, -0.25) is 4.79 Å². The maximum atomic E-state index is 11.8. The molecule has 0 bridgehead atoms. The topological polar surface area (TPSA) is 703 Å². The van der Waals surface area contributed by atoms with Crippen molar-refractivity contribution >= 4 is 6.41 Å². The van der Waals surface area contributed by atoms with Crippen molar-refractivity contribution in [2.75, 3.05) is 66.1 Å². The summed E-state index contributed by atoms with van der Waals surface area (Å²) in [4.78, 5) is 10.8. The van der Waals surface area contributed by atoms with Crippen molar-refractivity contribution in [2.45, 2.75) is 252 Å². The first-order chi connectivity index (χ1) is 45.7. The Labute approximate surface area is 541 Å². The van der Waals surface area contributed by atoms with Gasteiger partial charge in [-0.05, 0) is 0 Å². The third kappa shape index (κ3) is 16.9. The summed E-state index contributed by atoms with van der Waals surface area (Å²) in [5.74, 6) is 0. The number of amides is 1. The Balaban J connectivity index is 0.936. The molecule has 44 heteroatoms. The highest BCUT2D eigenvalue weighted by Crippen LogP contribution is 2.39. The van der Waals surface area contributed by atoms with Crippen molar-refractivity contribution in [1.29, 1.82) is 0 Å². The Hall–Kier alpha value is -2.21. The summed E-state index contributed by atoms with van der Waals surface area (Å²) in [5.41, 5.74) is 0. The van der Waals surface area contributed by atoms with Crippen molar-refractivity contribution in [3.63, 3.8) is 0 Å². The molecule has 96 heavy (non-hydrogen) atoms. The maximum absolute atomic E-state index is 11.8. The third-order valence-corrected chi connectivity index (χ3v) is 17.6. The molecule has 0 saturated carbocycles. The SMILES string of the molecule is O=CN[C@H](CO)CO[C@@H]1O[C@H](CO)[C@@H](O[C@@H]2O[C@H](CO)[C@H](O[C@H]3O[C@H](CO)[C@H](O)[C@H](O[C@H]4O[C@H](CO)[C@H](O)[C@H](O[C@H]5O[C@H](CO)[C@H](O)[C@H](O[C@H]6O[C@H](CO)[C@H](O)[C@H](O[C@H]7O[C@H](CO)[C@H](O)[C@H](O[C@H]8O[C@H](CO)[C@H](O)[C@H](O)[C@H]8O)[C@H]7O)[C@H]6O)[C@H]5O)[C@H]4O)[C@H]3O)[C@H](O)[C@H]2O)[C@H](O)[C@H]1O. The molecular weight excluding hydrogens is 1330 g/mol. The third-order valence-electron chi connectivity index (χ3n) is 17.6. The van der Waals surface area contributed by atoms with Gasteiger partial charge in [0.25, 0.3) is 0 Å². The van der Waals surface area contributed by atoms with Crippen molar-refractivity contribution in [3.05, 3.63) is 0 Å². The van der Waals surface area contributed by atoms with Gasteiger partial charge in [0.2, 0.25) is 6.41 Å². The van der Waals surface area contributed by atoms with Gasteiger partial charge < -0.3 is 214 Å². The normalized spacial score (nSPS) is 50.8. The Kier molecular flexibility index (Phi) is 29.2. The zero-order chi connectivity index (χ0) is 70.5. The number of rotatable bonds is 28. The second-order valence-corrected chi connectivity index (χ2v) is 23.8. The largest absolute Gasteiger partial charge is 0.394 e. The fourth-order valence-electron chi connectivity index (χ4n) is 12.0. The van der Waals surface area contributed by atoms with Gasteiger partial charge in [0.05, 0.1) is 72.1 Å². The average molecular weight is 1420 g/mol. The van der Waals surface area contributed by atoms with E-state index in [9.17, 15) is 138 Å². The predicted molar refractivity (Wildman–Crippen MR) is 288 cm³/mol. The first-order valence-electron chi connectivity index (χ1n) is 30.4. The van der Waals surface area contributed by atoms with Gasteiger partial charge in [0, 0.05) is 0 Å². The molecule has 8 heterocycles. The number of aliphatic hydroxyl groups is 26. The Morgan fingerprint density at radius 1 is 0.260 bits per heavy atom. The number of carbonyl (C=O) groups is 1. The van der Waals surface area contributed by atoms with E-state index in [2.05, 4.69) is 5.32 Å². The lowest BCUT2D eigenvalue weighted by Crippen LogP contribution is -2.69. The van der Waals surface area contributed by atoms with Crippen LogP contribution in [0.4, 0.5) is 0 Å². The fourth-order valence-corrected chi connectivity index (χ4v) is 12.0. The minimum atomic E-state index is -2.39. The number of carbonyl (C=O) groups excluding carboxylic acids is 1. The lowest BCUT2D eigenvalue weighted by atomic mass is 9.95. The van der Waals surface area contributed by atoms with Crippen LogP contribution in [0.15, 0.2) is 0 Å². The average Bonchev–Trinajstić information content (AvgIpc) is 0.782. The van der Waals surface area contributed by atoms with Gasteiger partial charge in [-0.2, -0.15) is 0 Å². The molecule has 0 aromatic carbocycles. The Morgan fingerprint density at radius 3 is 0.740 bits per heavy atom. The van der Waals surface area contributed by atoms with E-state index in [0.29, 0.717) is 0 Å². The summed E-state index contributed by atoms with van der Waals surface area (Å²) in [6, 6.07) is -0.976. The number of hydrogen-bond donors (Lipinski definition) is 27. The van der Waals surface area contributed by atoms with E-state index >= 15 is 0 Å². The molecule has 8 aliphatic heterocycles. The molecule has 27 N–H and O–H groups in total. The lowest BCUT2D eigenvalue weighted by Gasteiger charge is -2.50. The minimum Gasteiger partial charge on any atom is -0.394 e. The molecule has 0 unspecified atom stereocenters. The standard InChI is InChI=1S/C52H89NO43/c54-1-12(53-11-63)10-81-45-31(74)28(71)38(19(8-61)88-45)90-47-32(75)29(72)39(20(9-62)89-47)91-48-33(76)41(23(66)14(3-56)83-48)93-50-35(78)43(25(68)16(5-58)85-50)95-52-37(80)44(26(69)18(7-60)87-52)96-51-36(79)42(24(67)17(6-59)86-51)94-49-34(77)40(22(65)15(4-57)84-49)92-46-30(73)27(70)21(64)13(2-55)82-46/h11-52,54-62,64-80H,1-10H2,(H,53,63)/t12-,13-,14-,15-,16-,17-,18-,19-,20-,21+,22+,23+,24+,25+,26+,27+,28-,29-,30-,31-,32-,33-,34-,35-,36-,37-,38-,39+,40+,41+,42+,43+,44+,45-,46-,47+,48-,49-,50-,51-,52-/m1/s1. The van der Waals surface area contributed by atoms with Crippen LogP contribution in [-0.4, -0.2) is 457 Å². The van der Waals surface area contributed by atoms with E-state index in [1.54, 1.807) is 0 Å². The van der Waals surface area contributed by atoms with Gasteiger partial charge in [-0.1, -0.05) is 0 Å². The predicted octanol–water partition coefficient (Wildman–Crippen LogP) is -19.3. The first-order valence-corrected chi connectivity index (χ1v) is 30.4. The second kappa shape index (κ2) is 35.3. The molecule has 0 spiro atoms. The van der Waals surface area contributed by atoms with Crippen molar-refractivity contribution in [2.24, 2.45) is 0 Å². The number of aliphatic hydroxyl groups excluding tert-OH is 26. The summed E-state index contributed by atoms with van der Waals surface area (Å²) in [6.45, 7) is -9.49. The molecule has 1 amide bonds. The molecule has 8 saturated heterocycles. The van der Waals surface area contributed by atoms with Crippen LogP contribution in [0.2, 0.25) is 0 Å². The number of nitrogens with one attached hydrogen (secondary N) is 1. The zero-order valence-electron chi connectivity index (χ0n) is 50.4. The van der Waals surface area contributed by atoms with Gasteiger partial charge in [-0.15, -0.1) is 0 Å². The zero-order valence-corrected chi connectivity index (χ0v) is 50.4. The van der Waals surface area contributed by atoms with Crippen LogP contribution in [0.5, 0.6) is 0 Å². The van der Waals surface area contributed by atoms with Crippen LogP contribution in [0, 0.1) is 0 Å². The van der Waals surface area contributed by atoms with E-state index in [1.807, 2.05) is 0 Å². The quantitative estimate of drug-likeness (QED) is 0.0324. The van der Waals surface area contributed by atoms with E-state index in [-0.39, 0.29) is 6.41 Å². The Bertz CT molecular complexity index is 2320. The summed E-state index contributed by atoms with van der Waals surface area (Å²) in [5, 5.41) is 284. The van der Waals surface area contributed by atoms with Crippen LogP contribution >= 0.6 is 0 Å². The molecule has 8 fully saturated rings. The summed E-state index contributed by atoms with van der Waals surface area (Å²) in [6.07, 6.45) is -81.4. The fraction of sp³-hybridized carbons (Fsp3) is 0.981. The van der Waals surface area contributed by atoms with E-state index < -0.39 is 318 Å². The van der Waals surface area contributed by atoms with Crippen LogP contribution in [0.25, 0.3) is 0 Å². The highest BCUT2D eigenvalue weighted by molar-refractivity contribution is 5.46. The van der Waals surface area contributed by atoms with Crippen molar-refractivity contribution < 1.29 is 213 Å². The maximum Gasteiger partial charge on any atom is 0.207 e. The van der Waals surface area contributed by atoms with Gasteiger partial charge >= 0.3 is 0 Å². The minimum absolute atomic E-state index is 0.263. The van der Waals surface area contributed by atoms with Gasteiger partial charge in [-0.25, -0.2) is 0 Å². The molecule has 8 aliphatic rings. The molecule has 44 nitrogen and oxygen atoms in total. The smallest absolute Gasteiger partial charge is 0.207 e. The first kappa shape index (κ1) is 79.5. The van der Waals surface area contributed by atoms with Crippen LogP contribution < -0.4 is 5.32 Å². The highest BCUT2D eigenvalue weighted by atomic mass is 16.8. The monoisotopic (exact) mass is 1420 g/mol. The van der Waals surface area contributed by atoms with Crippen LogP contribution in [0.3, 0.4) is 0 Å². The number of hydrogen-bond acceptors (Lipinski definition) is 43. The lowest BCUT2D eigenvalue weighted by molar-refractivity contribution is -0.401. The summed E-state index contributed by atoms with van der Waals surface area (Å²) >= 11 is 0. The second-order valence-electron chi connectivity index (χ2n) is 23.8. The van der Waals surface area contributed by atoms with E-state index in [0.717, 1.165) is 0 Å². The molecule has 0 radical (unpaired) electrons. The van der Waals surface area contributed by atoms with Crippen LogP contribution in [0.1, 0.15) is 0 Å². The van der Waals surface area contributed by atoms with Gasteiger partial charge in [0.15, 0.2) is 50.3 Å². The molecule has 8 rings (SSSR count). The van der Waals surface area contributed by atoms with E-state index in [1.165, 1.54) is 0 Å². The van der Waals surface area contributed by atoms with E-state index in [4.69, 9.17) is 75.8 Å². The molecule has 0 aliphatic carbocycles. The van der Waals surface area contributed by atoms with Crippen molar-refractivity contribution in [1.82, 2.24) is 5.32 Å². The number of ether oxygens (including phenoxy) is 16. The molecule has 0 aromatic rings. The summed E-state index contributed by atoms with van der Waals surface area (Å²) in [7, 11) is 0. The molecule has 0 aromatic heterocycles. The molecule has 41 atom stereocenters. The molecule has 560 valence electrons. The van der Waals surface area contributed by atoms with Crippen LogP contribution in [-0.2, 0) is 80.6 Å². The highest BCUT2D eigenvalue weighted by Gasteiger charge is 2.60.